The number of carbonyl (C=O) groups is 1. The summed E-state index contributed by atoms with van der Waals surface area (Å²) < 4.78 is 4.54. The molecule has 0 aliphatic carbocycles. The maximum Gasteiger partial charge on any atom is 0.407 e. The van der Waals surface area contributed by atoms with Gasteiger partial charge < -0.3 is 10.1 Å². The maximum atomic E-state index is 10.9. The van der Waals surface area contributed by atoms with E-state index in [0.717, 1.165) is 12.8 Å². The zero-order chi connectivity index (χ0) is 10.5. The average molecular weight is 187 g/mol. The summed E-state index contributed by atoms with van der Waals surface area (Å²) in [4.78, 5) is 10.9. The molecule has 0 atom stereocenters. The fourth-order valence-electron chi connectivity index (χ4n) is 1.04. The van der Waals surface area contributed by atoms with Crippen molar-refractivity contribution in [1.29, 1.82) is 0 Å². The molecule has 13 heavy (non-hydrogen) atoms. The SMILES string of the molecule is COC(=O)NC(C)(C)CCC(C)C. The summed E-state index contributed by atoms with van der Waals surface area (Å²) in [5, 5.41) is 2.80. The number of nitrogens with one attached hydrogen (secondary N) is 1. The van der Waals surface area contributed by atoms with Crippen molar-refractivity contribution in [3.63, 3.8) is 0 Å². The Balaban J connectivity index is 3.86. The number of alkyl carbamates (subject to hydrolysis) is 1. The van der Waals surface area contributed by atoms with E-state index in [9.17, 15) is 4.79 Å². The van der Waals surface area contributed by atoms with Gasteiger partial charge in [0.15, 0.2) is 0 Å². The molecule has 0 unspecified atom stereocenters. The van der Waals surface area contributed by atoms with E-state index in [-0.39, 0.29) is 11.6 Å². The van der Waals surface area contributed by atoms with Crippen molar-refractivity contribution in [3.8, 4) is 0 Å². The van der Waals surface area contributed by atoms with Crippen LogP contribution in [0.4, 0.5) is 4.79 Å². The van der Waals surface area contributed by atoms with E-state index in [4.69, 9.17) is 0 Å². The highest BCUT2D eigenvalue weighted by molar-refractivity contribution is 5.67. The molecule has 0 heterocycles. The molecule has 0 rings (SSSR count). The Kier molecular flexibility index (Phi) is 4.81. The van der Waals surface area contributed by atoms with Crippen LogP contribution in [0.5, 0.6) is 0 Å². The Morgan fingerprint density at radius 3 is 2.38 bits per heavy atom. The van der Waals surface area contributed by atoms with E-state index < -0.39 is 0 Å². The lowest BCUT2D eigenvalue weighted by atomic mass is 9.94. The smallest absolute Gasteiger partial charge is 0.407 e. The van der Waals surface area contributed by atoms with Gasteiger partial charge >= 0.3 is 6.09 Å². The highest BCUT2D eigenvalue weighted by atomic mass is 16.5. The fraction of sp³-hybridized carbons (Fsp3) is 0.900. The van der Waals surface area contributed by atoms with Crippen molar-refractivity contribution in [2.75, 3.05) is 7.11 Å². The van der Waals surface area contributed by atoms with Crippen LogP contribution in [0.1, 0.15) is 40.5 Å². The minimum Gasteiger partial charge on any atom is -0.453 e. The van der Waals surface area contributed by atoms with Gasteiger partial charge in [0.1, 0.15) is 0 Å². The first-order chi connectivity index (χ1) is 5.87. The predicted molar refractivity (Wildman–Crippen MR) is 53.7 cm³/mol. The number of rotatable bonds is 4. The third-order valence-electron chi connectivity index (χ3n) is 1.97. The summed E-state index contributed by atoms with van der Waals surface area (Å²) >= 11 is 0. The second-order valence-electron chi connectivity index (χ2n) is 4.43. The van der Waals surface area contributed by atoms with Crippen molar-refractivity contribution in [1.82, 2.24) is 5.32 Å². The number of carbonyl (C=O) groups excluding carboxylic acids is 1. The van der Waals surface area contributed by atoms with Crippen molar-refractivity contribution in [2.45, 2.75) is 46.1 Å². The first-order valence-electron chi connectivity index (χ1n) is 4.73. The molecule has 3 heteroatoms. The van der Waals surface area contributed by atoms with Gasteiger partial charge in [0.25, 0.3) is 0 Å². The lowest BCUT2D eigenvalue weighted by molar-refractivity contribution is 0.157. The number of methoxy groups -OCH3 is 1. The minimum atomic E-state index is -0.353. The highest BCUT2D eigenvalue weighted by Gasteiger charge is 2.20. The monoisotopic (exact) mass is 187 g/mol. The van der Waals surface area contributed by atoms with Gasteiger partial charge in [-0.2, -0.15) is 0 Å². The van der Waals surface area contributed by atoms with E-state index in [1.807, 2.05) is 13.8 Å². The molecule has 0 spiro atoms. The molecule has 1 N–H and O–H groups in total. The van der Waals surface area contributed by atoms with Crippen LogP contribution in [0.25, 0.3) is 0 Å². The molecule has 3 nitrogen and oxygen atoms in total. The molecule has 0 fully saturated rings. The van der Waals surface area contributed by atoms with E-state index in [1.165, 1.54) is 7.11 Å². The summed E-state index contributed by atoms with van der Waals surface area (Å²) in [5.41, 5.74) is -0.169. The molecule has 0 aliphatic heterocycles. The van der Waals surface area contributed by atoms with Gasteiger partial charge in [0, 0.05) is 5.54 Å². The van der Waals surface area contributed by atoms with Crippen molar-refractivity contribution >= 4 is 6.09 Å². The normalized spacial score (nSPS) is 11.5. The molecular formula is C10H21NO2. The number of hydrogen-bond donors (Lipinski definition) is 1. The van der Waals surface area contributed by atoms with Crippen LogP contribution in [0, 0.1) is 5.92 Å². The Labute approximate surface area is 80.8 Å². The summed E-state index contributed by atoms with van der Waals surface area (Å²) in [6.45, 7) is 8.36. The predicted octanol–water partition coefficient (Wildman–Crippen LogP) is 2.56. The lowest BCUT2D eigenvalue weighted by Gasteiger charge is -2.26. The van der Waals surface area contributed by atoms with E-state index >= 15 is 0 Å². The summed E-state index contributed by atoms with van der Waals surface area (Å²) in [7, 11) is 1.38. The van der Waals surface area contributed by atoms with Gasteiger partial charge in [-0.25, -0.2) is 4.79 Å². The molecule has 0 aromatic heterocycles. The van der Waals surface area contributed by atoms with Gasteiger partial charge in [-0.15, -0.1) is 0 Å². The molecule has 0 aromatic rings. The molecule has 0 aliphatic rings. The minimum absolute atomic E-state index is 0.169. The molecule has 1 amide bonds. The van der Waals surface area contributed by atoms with Crippen molar-refractivity contribution < 1.29 is 9.53 Å². The third-order valence-corrected chi connectivity index (χ3v) is 1.97. The van der Waals surface area contributed by atoms with Crippen LogP contribution in [0.3, 0.4) is 0 Å². The van der Waals surface area contributed by atoms with E-state index in [0.29, 0.717) is 5.92 Å². The largest absolute Gasteiger partial charge is 0.453 e. The van der Waals surface area contributed by atoms with Gasteiger partial charge in [-0.1, -0.05) is 13.8 Å². The Bertz CT molecular complexity index is 164. The topological polar surface area (TPSA) is 38.3 Å². The Morgan fingerprint density at radius 2 is 2.00 bits per heavy atom. The highest BCUT2D eigenvalue weighted by Crippen LogP contribution is 2.15. The van der Waals surface area contributed by atoms with Crippen molar-refractivity contribution in [2.24, 2.45) is 5.92 Å². The maximum absolute atomic E-state index is 10.9. The van der Waals surface area contributed by atoms with Gasteiger partial charge in [0.05, 0.1) is 7.11 Å². The molecule has 0 saturated carbocycles. The second-order valence-corrected chi connectivity index (χ2v) is 4.43. The summed E-state index contributed by atoms with van der Waals surface area (Å²) in [6.07, 6.45) is 1.73. The zero-order valence-electron chi connectivity index (χ0n) is 9.31. The summed E-state index contributed by atoms with van der Waals surface area (Å²) in [6, 6.07) is 0. The lowest BCUT2D eigenvalue weighted by Crippen LogP contribution is -2.43. The quantitative estimate of drug-likeness (QED) is 0.734. The molecule has 0 saturated heterocycles. The second kappa shape index (κ2) is 5.10. The van der Waals surface area contributed by atoms with Gasteiger partial charge in [-0.3, -0.25) is 0 Å². The molecule has 0 bridgehead atoms. The third kappa shape index (κ3) is 6.43. The van der Waals surface area contributed by atoms with E-state index in [2.05, 4.69) is 23.9 Å². The van der Waals surface area contributed by atoms with E-state index in [1.54, 1.807) is 0 Å². The zero-order valence-corrected chi connectivity index (χ0v) is 9.31. The van der Waals surface area contributed by atoms with Gasteiger partial charge in [-0.05, 0) is 32.6 Å². The molecule has 78 valence electrons. The number of hydrogen-bond acceptors (Lipinski definition) is 2. The van der Waals surface area contributed by atoms with Gasteiger partial charge in [0.2, 0.25) is 0 Å². The van der Waals surface area contributed by atoms with Crippen LogP contribution in [-0.2, 0) is 4.74 Å². The molecule has 0 radical (unpaired) electrons. The fourth-order valence-corrected chi connectivity index (χ4v) is 1.04. The Morgan fingerprint density at radius 1 is 1.46 bits per heavy atom. The first-order valence-corrected chi connectivity index (χ1v) is 4.73. The van der Waals surface area contributed by atoms with Crippen LogP contribution in [0.2, 0.25) is 0 Å². The van der Waals surface area contributed by atoms with Crippen LogP contribution in [0.15, 0.2) is 0 Å². The molecular weight excluding hydrogens is 166 g/mol. The first kappa shape index (κ1) is 12.3. The van der Waals surface area contributed by atoms with Crippen LogP contribution >= 0.6 is 0 Å². The van der Waals surface area contributed by atoms with Crippen LogP contribution < -0.4 is 5.32 Å². The van der Waals surface area contributed by atoms with Crippen LogP contribution in [-0.4, -0.2) is 18.7 Å². The molecule has 0 aromatic carbocycles. The number of ether oxygens (including phenoxy) is 1. The number of amides is 1. The van der Waals surface area contributed by atoms with Crippen molar-refractivity contribution in [3.05, 3.63) is 0 Å². The Hall–Kier alpha value is -0.730. The average Bonchev–Trinajstić information content (AvgIpc) is 2.00. The summed E-state index contributed by atoms with van der Waals surface area (Å²) in [5.74, 6) is 0.665. The standard InChI is InChI=1S/C10H21NO2/c1-8(2)6-7-10(3,4)11-9(12)13-5/h8H,6-7H2,1-5H3,(H,11,12).